The maximum absolute atomic E-state index is 5.33. The molecule has 0 atom stereocenters. The first kappa shape index (κ1) is 13.0. The van der Waals surface area contributed by atoms with Crippen LogP contribution in [0.25, 0.3) is 0 Å². The first-order valence-corrected chi connectivity index (χ1v) is 6.08. The van der Waals surface area contributed by atoms with Gasteiger partial charge in [0.15, 0.2) is 0 Å². The smallest absolute Gasteiger partial charge is 0.224 e. The molecule has 6 heteroatoms. The van der Waals surface area contributed by atoms with Gasteiger partial charge >= 0.3 is 0 Å². The van der Waals surface area contributed by atoms with Gasteiger partial charge in [0.25, 0.3) is 0 Å². The Morgan fingerprint density at radius 1 is 1.22 bits per heavy atom. The first-order valence-electron chi connectivity index (χ1n) is 6.08. The molecule has 0 amide bonds. The van der Waals surface area contributed by atoms with Gasteiger partial charge in [-0.3, -0.25) is 0 Å². The average Bonchev–Trinajstić information content (AvgIpc) is 2.45. The zero-order valence-electron chi connectivity index (χ0n) is 10.8. The lowest BCUT2D eigenvalue weighted by Gasteiger charge is -2.23. The Morgan fingerprint density at radius 3 is 2.39 bits per heavy atom. The predicted octanol–water partition coefficient (Wildman–Crippen LogP) is 0.762. The van der Waals surface area contributed by atoms with Gasteiger partial charge in [-0.15, -0.1) is 0 Å². The summed E-state index contributed by atoms with van der Waals surface area (Å²) in [5.41, 5.74) is 0.856. The molecule has 0 radical (unpaired) electrons. The molecule has 2 rings (SSSR count). The average molecular weight is 253 g/mol. The predicted molar refractivity (Wildman–Crippen MR) is 65.8 cm³/mol. The van der Waals surface area contributed by atoms with Crippen molar-refractivity contribution in [2.45, 2.75) is 25.4 Å². The van der Waals surface area contributed by atoms with Gasteiger partial charge in [0.05, 0.1) is 19.8 Å². The molecule has 0 unspecified atom stereocenters. The minimum atomic E-state index is 0.466. The van der Waals surface area contributed by atoms with Crippen LogP contribution >= 0.6 is 0 Å². The van der Waals surface area contributed by atoms with Gasteiger partial charge in [0, 0.05) is 25.8 Å². The van der Waals surface area contributed by atoms with Gasteiger partial charge in [-0.2, -0.15) is 0 Å². The summed E-state index contributed by atoms with van der Waals surface area (Å²) >= 11 is 0. The lowest BCUT2D eigenvalue weighted by atomic mass is 10.1. The Morgan fingerprint density at radius 2 is 1.83 bits per heavy atom. The molecule has 6 nitrogen and oxygen atoms in total. The molecular formula is C12H19N3O3. The van der Waals surface area contributed by atoms with Crippen LogP contribution in [0.5, 0.6) is 11.8 Å². The Kier molecular flexibility index (Phi) is 4.72. The van der Waals surface area contributed by atoms with Crippen molar-refractivity contribution in [2.24, 2.45) is 0 Å². The van der Waals surface area contributed by atoms with E-state index in [0.29, 0.717) is 24.3 Å². The van der Waals surface area contributed by atoms with Crippen LogP contribution in [0, 0.1) is 0 Å². The minimum absolute atomic E-state index is 0.466. The van der Waals surface area contributed by atoms with E-state index in [0.717, 1.165) is 31.6 Å². The number of rotatable bonds is 5. The summed E-state index contributed by atoms with van der Waals surface area (Å²) in [6.07, 6.45) is 3.49. The van der Waals surface area contributed by atoms with Crippen molar-refractivity contribution in [3.63, 3.8) is 0 Å². The standard InChI is InChI=1S/C12H19N3O3/c1-16-11-10(12(17-2)15-8-14-11)7-13-9-3-5-18-6-4-9/h8-9,13H,3-7H2,1-2H3. The van der Waals surface area contributed by atoms with Crippen LogP contribution in [0.4, 0.5) is 0 Å². The van der Waals surface area contributed by atoms with Crippen molar-refractivity contribution >= 4 is 0 Å². The summed E-state index contributed by atoms with van der Waals surface area (Å²) in [5.74, 6) is 1.11. The fraction of sp³-hybridized carbons (Fsp3) is 0.667. The van der Waals surface area contributed by atoms with E-state index >= 15 is 0 Å². The molecule has 1 fully saturated rings. The van der Waals surface area contributed by atoms with E-state index < -0.39 is 0 Å². The summed E-state index contributed by atoms with van der Waals surface area (Å²) in [7, 11) is 3.19. The maximum atomic E-state index is 5.33. The Labute approximate surface area is 107 Å². The lowest BCUT2D eigenvalue weighted by Crippen LogP contribution is -2.34. The van der Waals surface area contributed by atoms with Gasteiger partial charge in [-0.25, -0.2) is 9.97 Å². The zero-order chi connectivity index (χ0) is 12.8. The van der Waals surface area contributed by atoms with Crippen molar-refractivity contribution < 1.29 is 14.2 Å². The number of ether oxygens (including phenoxy) is 3. The van der Waals surface area contributed by atoms with Crippen molar-refractivity contribution in [1.82, 2.24) is 15.3 Å². The van der Waals surface area contributed by atoms with Crippen LogP contribution in [-0.2, 0) is 11.3 Å². The number of nitrogens with zero attached hydrogens (tertiary/aromatic N) is 2. The molecule has 0 saturated carbocycles. The van der Waals surface area contributed by atoms with E-state index in [1.54, 1.807) is 14.2 Å². The molecule has 1 N–H and O–H groups in total. The highest BCUT2D eigenvalue weighted by atomic mass is 16.5. The number of aromatic nitrogens is 2. The molecule has 1 saturated heterocycles. The molecule has 0 aromatic carbocycles. The molecule has 0 bridgehead atoms. The normalized spacial score (nSPS) is 16.6. The summed E-state index contributed by atoms with van der Waals surface area (Å²) in [4.78, 5) is 8.18. The highest BCUT2D eigenvalue weighted by molar-refractivity contribution is 5.34. The molecular weight excluding hydrogens is 234 g/mol. The highest BCUT2D eigenvalue weighted by Crippen LogP contribution is 2.23. The number of hydrogen-bond acceptors (Lipinski definition) is 6. The van der Waals surface area contributed by atoms with E-state index in [4.69, 9.17) is 14.2 Å². The van der Waals surface area contributed by atoms with E-state index in [2.05, 4.69) is 15.3 Å². The van der Waals surface area contributed by atoms with Crippen molar-refractivity contribution in [3.8, 4) is 11.8 Å². The van der Waals surface area contributed by atoms with Gasteiger partial charge in [-0.1, -0.05) is 0 Å². The Hall–Kier alpha value is -1.40. The lowest BCUT2D eigenvalue weighted by molar-refractivity contribution is 0.0775. The van der Waals surface area contributed by atoms with Crippen LogP contribution in [0.15, 0.2) is 6.33 Å². The second-order valence-corrected chi connectivity index (χ2v) is 4.14. The molecule has 1 aromatic rings. The van der Waals surface area contributed by atoms with Crippen LogP contribution in [0.1, 0.15) is 18.4 Å². The summed E-state index contributed by atoms with van der Waals surface area (Å²) in [5, 5.41) is 3.47. The largest absolute Gasteiger partial charge is 0.481 e. The fourth-order valence-corrected chi connectivity index (χ4v) is 2.03. The third kappa shape index (κ3) is 3.08. The molecule has 18 heavy (non-hydrogen) atoms. The molecule has 0 spiro atoms. The van der Waals surface area contributed by atoms with Gasteiger partial charge in [0.2, 0.25) is 11.8 Å². The summed E-state index contributed by atoms with van der Waals surface area (Å²) in [6.45, 7) is 2.27. The van der Waals surface area contributed by atoms with Crippen molar-refractivity contribution in [2.75, 3.05) is 27.4 Å². The van der Waals surface area contributed by atoms with E-state index in [1.165, 1.54) is 6.33 Å². The second-order valence-electron chi connectivity index (χ2n) is 4.14. The highest BCUT2D eigenvalue weighted by Gasteiger charge is 2.17. The van der Waals surface area contributed by atoms with Gasteiger partial charge < -0.3 is 19.5 Å². The monoisotopic (exact) mass is 253 g/mol. The zero-order valence-corrected chi connectivity index (χ0v) is 10.8. The molecule has 1 aliphatic heterocycles. The Balaban J connectivity index is 2.02. The van der Waals surface area contributed by atoms with Crippen LogP contribution in [-0.4, -0.2) is 43.4 Å². The topological polar surface area (TPSA) is 65.5 Å². The van der Waals surface area contributed by atoms with Crippen LogP contribution in [0.2, 0.25) is 0 Å². The number of nitrogens with one attached hydrogen (secondary N) is 1. The SMILES string of the molecule is COc1ncnc(OC)c1CNC1CCOCC1. The number of hydrogen-bond donors (Lipinski definition) is 1. The first-order chi connectivity index (χ1) is 8.85. The van der Waals surface area contributed by atoms with Crippen LogP contribution < -0.4 is 14.8 Å². The summed E-state index contributed by atoms with van der Waals surface area (Å²) < 4.78 is 15.8. The third-order valence-electron chi connectivity index (χ3n) is 3.04. The van der Waals surface area contributed by atoms with Crippen LogP contribution in [0.3, 0.4) is 0 Å². The fourth-order valence-electron chi connectivity index (χ4n) is 2.03. The molecule has 100 valence electrons. The minimum Gasteiger partial charge on any atom is -0.481 e. The van der Waals surface area contributed by atoms with Gasteiger partial charge in [-0.05, 0) is 12.8 Å². The maximum Gasteiger partial charge on any atom is 0.224 e. The van der Waals surface area contributed by atoms with Crippen molar-refractivity contribution in [1.29, 1.82) is 0 Å². The van der Waals surface area contributed by atoms with E-state index in [1.807, 2.05) is 0 Å². The number of methoxy groups -OCH3 is 2. The quantitative estimate of drug-likeness (QED) is 0.836. The van der Waals surface area contributed by atoms with E-state index in [9.17, 15) is 0 Å². The van der Waals surface area contributed by atoms with Gasteiger partial charge in [0.1, 0.15) is 6.33 Å². The molecule has 1 aliphatic rings. The molecule has 0 aliphatic carbocycles. The van der Waals surface area contributed by atoms with E-state index in [-0.39, 0.29) is 0 Å². The summed E-state index contributed by atoms with van der Waals surface area (Å²) in [6, 6.07) is 0.466. The molecule has 1 aromatic heterocycles. The van der Waals surface area contributed by atoms with Crippen molar-refractivity contribution in [3.05, 3.63) is 11.9 Å². The molecule has 2 heterocycles. The third-order valence-corrected chi connectivity index (χ3v) is 3.04. The second kappa shape index (κ2) is 6.51. The Bertz CT molecular complexity index is 359.